The average Bonchev–Trinajstić information content (AvgIpc) is 3.12. The Kier molecular flexibility index (Phi) is 4.72. The van der Waals surface area contributed by atoms with Gasteiger partial charge in [0.2, 0.25) is 5.91 Å². The van der Waals surface area contributed by atoms with Gasteiger partial charge in [-0.1, -0.05) is 0 Å². The summed E-state index contributed by atoms with van der Waals surface area (Å²) in [6.45, 7) is 7.22. The van der Waals surface area contributed by atoms with Crippen LogP contribution in [0.25, 0.3) is 0 Å². The first-order valence-electron chi connectivity index (χ1n) is 9.48. The molecule has 0 aliphatic carbocycles. The highest BCUT2D eigenvalue weighted by molar-refractivity contribution is 5.80. The molecule has 138 valence electrons. The second kappa shape index (κ2) is 7.15. The molecule has 4 rings (SSSR count). The lowest BCUT2D eigenvalue weighted by atomic mass is 9.98. The van der Waals surface area contributed by atoms with Gasteiger partial charge >= 0.3 is 0 Å². The van der Waals surface area contributed by atoms with Crippen LogP contribution in [0, 0.1) is 6.92 Å². The number of rotatable bonds is 3. The number of hydrogen-bond acceptors (Lipinski definition) is 5. The minimum absolute atomic E-state index is 0.100. The maximum Gasteiger partial charge on any atom is 0.247 e. The summed E-state index contributed by atoms with van der Waals surface area (Å²) >= 11 is 0. The Morgan fingerprint density at radius 1 is 1.42 bits per heavy atom. The molecule has 0 spiro atoms. The molecule has 1 amide bonds. The maximum atomic E-state index is 12.9. The number of amides is 1. The number of nitrogens with zero attached hydrogens (tertiary/aromatic N) is 5. The molecule has 0 saturated carbocycles. The molecule has 1 fully saturated rings. The predicted octanol–water partition coefficient (Wildman–Crippen LogP) is 1.59. The van der Waals surface area contributed by atoms with Gasteiger partial charge in [-0.2, -0.15) is 5.10 Å². The van der Waals surface area contributed by atoms with Crippen LogP contribution in [0.3, 0.4) is 0 Å². The molecule has 2 aliphatic heterocycles. The van der Waals surface area contributed by atoms with E-state index in [0.717, 1.165) is 48.7 Å². The lowest BCUT2D eigenvalue weighted by Gasteiger charge is -2.31. The Hall–Kier alpha value is -2.28. The molecule has 2 unspecified atom stereocenters. The summed E-state index contributed by atoms with van der Waals surface area (Å²) in [5.41, 5.74) is 3.17. The number of carbonyl (C=O) groups is 1. The fourth-order valence-corrected chi connectivity index (χ4v) is 3.94. The minimum atomic E-state index is -0.292. The topological polar surface area (TPSA) is 75.9 Å². The number of nitrogens with one attached hydrogen (secondary N) is 1. The molecule has 2 aromatic rings. The third kappa shape index (κ3) is 3.23. The first-order valence-corrected chi connectivity index (χ1v) is 9.48. The van der Waals surface area contributed by atoms with Gasteiger partial charge < -0.3 is 10.2 Å². The Morgan fingerprint density at radius 3 is 3.04 bits per heavy atom. The van der Waals surface area contributed by atoms with Crippen molar-refractivity contribution in [3.05, 3.63) is 41.2 Å². The van der Waals surface area contributed by atoms with Crippen molar-refractivity contribution in [2.75, 3.05) is 19.6 Å². The van der Waals surface area contributed by atoms with Crippen LogP contribution in [-0.2, 0) is 17.8 Å². The highest BCUT2D eigenvalue weighted by Gasteiger charge is 2.28. The Balaban J connectivity index is 1.47. The first kappa shape index (κ1) is 17.1. The summed E-state index contributed by atoms with van der Waals surface area (Å²) in [5, 5.41) is 7.70. The Labute approximate surface area is 153 Å². The standard InChI is InChI=1S/C19H26N6O/c1-13-5-8-22-25(13)14(2)19(26)24-9-6-17-16(12-24)11-21-18(23-17)15-4-3-7-20-10-15/h5,8,11,14-15,20H,3-4,6-7,9-10,12H2,1-2H3. The molecule has 7 heteroatoms. The van der Waals surface area contributed by atoms with Gasteiger partial charge in [-0.25, -0.2) is 9.97 Å². The summed E-state index contributed by atoms with van der Waals surface area (Å²) in [4.78, 5) is 24.2. The van der Waals surface area contributed by atoms with Crippen LogP contribution in [0.15, 0.2) is 18.5 Å². The molecule has 0 bridgehead atoms. The largest absolute Gasteiger partial charge is 0.336 e. The van der Waals surface area contributed by atoms with Gasteiger partial charge in [0.1, 0.15) is 11.9 Å². The number of aromatic nitrogens is 4. The fourth-order valence-electron chi connectivity index (χ4n) is 3.94. The molecule has 7 nitrogen and oxygen atoms in total. The number of aryl methyl sites for hydroxylation is 1. The molecule has 1 N–H and O–H groups in total. The van der Waals surface area contributed by atoms with Gasteiger partial charge in [0.15, 0.2) is 0 Å². The highest BCUT2D eigenvalue weighted by atomic mass is 16.2. The van der Waals surface area contributed by atoms with Crippen molar-refractivity contribution >= 4 is 5.91 Å². The quantitative estimate of drug-likeness (QED) is 0.906. The number of fused-ring (bicyclic) bond motifs is 1. The predicted molar refractivity (Wildman–Crippen MR) is 97.7 cm³/mol. The first-order chi connectivity index (χ1) is 12.6. The SMILES string of the molecule is Cc1ccnn1C(C)C(=O)N1CCc2nc(C3CCCNC3)ncc2C1. The summed E-state index contributed by atoms with van der Waals surface area (Å²) in [7, 11) is 0. The fraction of sp³-hybridized carbons (Fsp3) is 0.579. The Bertz CT molecular complexity index is 795. The summed E-state index contributed by atoms with van der Waals surface area (Å²) in [6.07, 6.45) is 6.78. The minimum Gasteiger partial charge on any atom is -0.336 e. The van der Waals surface area contributed by atoms with Crippen molar-refractivity contribution in [2.45, 2.75) is 51.6 Å². The lowest BCUT2D eigenvalue weighted by Crippen LogP contribution is -2.40. The van der Waals surface area contributed by atoms with Gasteiger partial charge in [0, 0.05) is 55.6 Å². The normalized spacial score (nSPS) is 21.3. The van der Waals surface area contributed by atoms with E-state index in [0.29, 0.717) is 19.0 Å². The van der Waals surface area contributed by atoms with Crippen molar-refractivity contribution in [3.63, 3.8) is 0 Å². The van der Waals surface area contributed by atoms with Crippen molar-refractivity contribution in [1.82, 2.24) is 30.0 Å². The zero-order chi connectivity index (χ0) is 18.1. The van der Waals surface area contributed by atoms with Gasteiger partial charge in [0.25, 0.3) is 0 Å². The number of carbonyl (C=O) groups excluding carboxylic acids is 1. The van der Waals surface area contributed by atoms with Crippen molar-refractivity contribution in [3.8, 4) is 0 Å². The van der Waals surface area contributed by atoms with Crippen LogP contribution in [0.5, 0.6) is 0 Å². The highest BCUT2D eigenvalue weighted by Crippen LogP contribution is 2.24. The van der Waals surface area contributed by atoms with Crippen molar-refractivity contribution in [2.24, 2.45) is 0 Å². The van der Waals surface area contributed by atoms with Gasteiger partial charge in [-0.3, -0.25) is 9.48 Å². The summed E-state index contributed by atoms with van der Waals surface area (Å²) in [6, 6.07) is 1.63. The van der Waals surface area contributed by atoms with Gasteiger partial charge in [-0.15, -0.1) is 0 Å². The van der Waals surface area contributed by atoms with Crippen LogP contribution >= 0.6 is 0 Å². The molecule has 0 aromatic carbocycles. The van der Waals surface area contributed by atoms with Crippen LogP contribution in [0.1, 0.15) is 54.5 Å². The monoisotopic (exact) mass is 354 g/mol. The van der Waals surface area contributed by atoms with Crippen LogP contribution < -0.4 is 5.32 Å². The zero-order valence-electron chi connectivity index (χ0n) is 15.5. The van der Waals surface area contributed by atoms with E-state index in [1.54, 1.807) is 10.9 Å². The van der Waals surface area contributed by atoms with Crippen LogP contribution in [-0.4, -0.2) is 50.2 Å². The van der Waals surface area contributed by atoms with Crippen molar-refractivity contribution < 1.29 is 4.79 Å². The number of hydrogen-bond donors (Lipinski definition) is 1. The molecular weight excluding hydrogens is 328 g/mol. The zero-order valence-corrected chi connectivity index (χ0v) is 15.5. The third-order valence-electron chi connectivity index (χ3n) is 5.52. The van der Waals surface area contributed by atoms with E-state index in [-0.39, 0.29) is 11.9 Å². The van der Waals surface area contributed by atoms with Crippen molar-refractivity contribution in [1.29, 1.82) is 0 Å². The molecule has 0 radical (unpaired) electrons. The molecule has 2 aliphatic rings. The second-order valence-corrected chi connectivity index (χ2v) is 7.35. The van der Waals surface area contributed by atoms with E-state index in [4.69, 9.17) is 4.98 Å². The molecule has 1 saturated heterocycles. The van der Waals surface area contributed by atoms with Crippen LogP contribution in [0.2, 0.25) is 0 Å². The third-order valence-corrected chi connectivity index (χ3v) is 5.52. The van der Waals surface area contributed by atoms with Gasteiger partial charge in [0.05, 0.1) is 5.69 Å². The van der Waals surface area contributed by atoms with E-state index in [9.17, 15) is 4.79 Å². The van der Waals surface area contributed by atoms with E-state index in [1.807, 2.05) is 31.0 Å². The summed E-state index contributed by atoms with van der Waals surface area (Å²) in [5.74, 6) is 1.47. The maximum absolute atomic E-state index is 12.9. The number of piperidine rings is 1. The van der Waals surface area contributed by atoms with E-state index in [1.165, 1.54) is 6.42 Å². The molecule has 2 aromatic heterocycles. The Morgan fingerprint density at radius 2 is 2.31 bits per heavy atom. The molecular formula is C19H26N6O. The van der Waals surface area contributed by atoms with E-state index >= 15 is 0 Å². The lowest BCUT2D eigenvalue weighted by molar-refractivity contribution is -0.135. The second-order valence-electron chi connectivity index (χ2n) is 7.35. The smallest absolute Gasteiger partial charge is 0.247 e. The molecule has 26 heavy (non-hydrogen) atoms. The molecule has 2 atom stereocenters. The van der Waals surface area contributed by atoms with Gasteiger partial charge in [-0.05, 0) is 39.3 Å². The van der Waals surface area contributed by atoms with E-state index in [2.05, 4.69) is 15.4 Å². The summed E-state index contributed by atoms with van der Waals surface area (Å²) < 4.78 is 1.79. The van der Waals surface area contributed by atoms with Crippen LogP contribution in [0.4, 0.5) is 0 Å². The molecule has 4 heterocycles. The average molecular weight is 354 g/mol. The van der Waals surface area contributed by atoms with E-state index < -0.39 is 0 Å².